The molecule has 0 atom stereocenters. The average Bonchev–Trinajstić information content (AvgIpc) is 3.12. The summed E-state index contributed by atoms with van der Waals surface area (Å²) in [5.74, 6) is 1.01. The number of nitrogens with one attached hydrogen (secondary N) is 3. The number of aromatic nitrogens is 1. The lowest BCUT2D eigenvalue weighted by Gasteiger charge is -2.32. The van der Waals surface area contributed by atoms with Gasteiger partial charge in [-0.15, -0.1) is 24.0 Å². The van der Waals surface area contributed by atoms with E-state index in [4.69, 9.17) is 0 Å². The number of nitrogens with zero attached hydrogens (tertiary/aromatic N) is 2. The molecule has 0 radical (unpaired) electrons. The second-order valence-electron chi connectivity index (χ2n) is 7.69. The Balaban J connectivity index is 0.00000320. The lowest BCUT2D eigenvalue weighted by atomic mass is 10.1. The van der Waals surface area contributed by atoms with Crippen LogP contribution in [0.4, 0.5) is 0 Å². The van der Waals surface area contributed by atoms with Crippen LogP contribution in [0.25, 0.3) is 10.9 Å². The molecule has 1 aliphatic heterocycles. The first-order chi connectivity index (χ1) is 13.9. The molecule has 2 heterocycles. The number of benzene rings is 1. The van der Waals surface area contributed by atoms with Gasteiger partial charge in [0.25, 0.3) is 0 Å². The molecule has 1 saturated heterocycles. The molecule has 3 rings (SSSR count). The molecule has 9 heteroatoms. The monoisotopic (exact) mass is 547 g/mol. The number of guanidine groups is 1. The summed E-state index contributed by atoms with van der Waals surface area (Å²) in [7, 11) is -1.33. The molecular weight excluding hydrogens is 513 g/mol. The van der Waals surface area contributed by atoms with E-state index in [1.807, 2.05) is 6.92 Å². The van der Waals surface area contributed by atoms with Gasteiger partial charge in [0.2, 0.25) is 10.0 Å². The average molecular weight is 548 g/mol. The standard InChI is InChI=1S/C21H33N5O2S.HI/c1-4-14-29(27,28)26-12-9-18(10-13-26)25-21(22-3)23-11-8-17-15-24-20-16(2)6-5-7-19(17)20;/h5-7,15,18,24H,4,8-14H2,1-3H3,(H2,22,23,25);1H. The van der Waals surface area contributed by atoms with Crippen molar-refractivity contribution in [2.45, 2.75) is 45.6 Å². The first kappa shape index (κ1) is 24.9. The van der Waals surface area contributed by atoms with Crippen molar-refractivity contribution < 1.29 is 8.42 Å². The van der Waals surface area contributed by atoms with E-state index in [-0.39, 0.29) is 35.8 Å². The van der Waals surface area contributed by atoms with Crippen LogP contribution in [-0.4, -0.2) is 62.1 Å². The lowest BCUT2D eigenvalue weighted by molar-refractivity contribution is 0.306. The number of hydrogen-bond donors (Lipinski definition) is 3. The predicted octanol–water partition coefficient (Wildman–Crippen LogP) is 3.01. The van der Waals surface area contributed by atoms with E-state index in [0.717, 1.165) is 31.8 Å². The first-order valence-corrected chi connectivity index (χ1v) is 12.1. The summed E-state index contributed by atoms with van der Waals surface area (Å²) in [6.45, 7) is 5.95. The Morgan fingerprint density at radius 3 is 2.70 bits per heavy atom. The minimum atomic E-state index is -3.09. The SMILES string of the molecule is CCCS(=O)(=O)N1CCC(NC(=NC)NCCc2c[nH]c3c(C)cccc23)CC1.I. The summed E-state index contributed by atoms with van der Waals surface area (Å²) in [6, 6.07) is 6.60. The van der Waals surface area contributed by atoms with Crippen molar-refractivity contribution in [2.24, 2.45) is 4.99 Å². The fourth-order valence-electron chi connectivity index (χ4n) is 3.94. The van der Waals surface area contributed by atoms with Crippen LogP contribution in [-0.2, 0) is 16.4 Å². The third kappa shape index (κ3) is 6.10. The molecule has 168 valence electrons. The molecule has 0 saturated carbocycles. The topological polar surface area (TPSA) is 89.6 Å². The summed E-state index contributed by atoms with van der Waals surface area (Å²) in [5, 5.41) is 8.11. The van der Waals surface area contributed by atoms with Crippen LogP contribution in [0.15, 0.2) is 29.4 Å². The van der Waals surface area contributed by atoms with Gasteiger partial charge in [-0.1, -0.05) is 25.1 Å². The molecule has 0 unspecified atom stereocenters. The summed E-state index contributed by atoms with van der Waals surface area (Å²) in [6.07, 6.45) is 5.24. The number of fused-ring (bicyclic) bond motifs is 1. The van der Waals surface area contributed by atoms with Gasteiger partial charge in [0.15, 0.2) is 5.96 Å². The van der Waals surface area contributed by atoms with Crippen molar-refractivity contribution in [3.8, 4) is 0 Å². The molecule has 1 fully saturated rings. The van der Waals surface area contributed by atoms with Crippen molar-refractivity contribution in [2.75, 3.05) is 32.4 Å². The van der Waals surface area contributed by atoms with Gasteiger partial charge < -0.3 is 15.6 Å². The van der Waals surface area contributed by atoms with Gasteiger partial charge in [0, 0.05) is 49.8 Å². The smallest absolute Gasteiger partial charge is 0.214 e. The van der Waals surface area contributed by atoms with Gasteiger partial charge >= 0.3 is 0 Å². The number of aliphatic imine (C=N–C) groups is 1. The van der Waals surface area contributed by atoms with Crippen molar-refractivity contribution in [1.82, 2.24) is 19.9 Å². The Morgan fingerprint density at radius 1 is 1.30 bits per heavy atom. The summed E-state index contributed by atoms with van der Waals surface area (Å²) in [4.78, 5) is 7.70. The molecule has 7 nitrogen and oxygen atoms in total. The predicted molar refractivity (Wildman–Crippen MR) is 135 cm³/mol. The number of H-pyrrole nitrogens is 1. The number of aryl methyl sites for hydroxylation is 1. The van der Waals surface area contributed by atoms with E-state index >= 15 is 0 Å². The van der Waals surface area contributed by atoms with Gasteiger partial charge in [-0.3, -0.25) is 4.99 Å². The van der Waals surface area contributed by atoms with Crippen molar-refractivity contribution in [3.63, 3.8) is 0 Å². The summed E-state index contributed by atoms with van der Waals surface area (Å²) in [5.41, 5.74) is 3.75. The minimum absolute atomic E-state index is 0. The fourth-order valence-corrected chi connectivity index (χ4v) is 5.48. The van der Waals surface area contributed by atoms with E-state index < -0.39 is 10.0 Å². The van der Waals surface area contributed by atoms with Gasteiger partial charge in [0.05, 0.1) is 5.75 Å². The highest BCUT2D eigenvalue weighted by molar-refractivity contribution is 14.0. The third-order valence-electron chi connectivity index (χ3n) is 5.57. The number of piperidine rings is 1. The largest absolute Gasteiger partial charge is 0.361 e. The van der Waals surface area contributed by atoms with E-state index in [1.54, 1.807) is 11.4 Å². The van der Waals surface area contributed by atoms with Gasteiger partial charge in [0.1, 0.15) is 0 Å². The van der Waals surface area contributed by atoms with Gasteiger partial charge in [-0.2, -0.15) is 0 Å². The van der Waals surface area contributed by atoms with Gasteiger partial charge in [-0.25, -0.2) is 12.7 Å². The van der Waals surface area contributed by atoms with Crippen LogP contribution in [0.1, 0.15) is 37.3 Å². The van der Waals surface area contributed by atoms with Crippen LogP contribution in [0.3, 0.4) is 0 Å². The van der Waals surface area contributed by atoms with Crippen LogP contribution in [0.5, 0.6) is 0 Å². The maximum absolute atomic E-state index is 12.2. The molecule has 2 aromatic rings. The molecule has 1 aromatic heterocycles. The Labute approximate surface area is 197 Å². The number of para-hydroxylation sites is 1. The fraction of sp³-hybridized carbons (Fsp3) is 0.571. The highest BCUT2D eigenvalue weighted by atomic mass is 127. The normalized spacial score (nSPS) is 16.4. The zero-order valence-corrected chi connectivity index (χ0v) is 21.2. The van der Waals surface area contributed by atoms with E-state index in [0.29, 0.717) is 19.5 Å². The summed E-state index contributed by atoms with van der Waals surface area (Å²) < 4.78 is 26.0. The Hall–Kier alpha value is -1.33. The Kier molecular flexibility index (Phi) is 9.42. The second kappa shape index (κ2) is 11.3. The Bertz CT molecular complexity index is 949. The Morgan fingerprint density at radius 2 is 2.03 bits per heavy atom. The molecule has 30 heavy (non-hydrogen) atoms. The molecule has 0 spiro atoms. The van der Waals surface area contributed by atoms with Crippen LogP contribution in [0.2, 0.25) is 0 Å². The number of rotatable bonds is 7. The lowest BCUT2D eigenvalue weighted by Crippen LogP contribution is -2.50. The maximum Gasteiger partial charge on any atom is 0.214 e. The first-order valence-electron chi connectivity index (χ1n) is 10.4. The minimum Gasteiger partial charge on any atom is -0.361 e. The number of sulfonamides is 1. The molecule has 1 aromatic carbocycles. The zero-order chi connectivity index (χ0) is 20.9. The third-order valence-corrected chi connectivity index (χ3v) is 7.65. The quantitative estimate of drug-likeness (QED) is 0.283. The molecule has 0 aliphatic carbocycles. The highest BCUT2D eigenvalue weighted by Crippen LogP contribution is 2.21. The summed E-state index contributed by atoms with van der Waals surface area (Å²) >= 11 is 0. The molecule has 3 N–H and O–H groups in total. The van der Waals surface area contributed by atoms with Crippen molar-refractivity contribution in [3.05, 3.63) is 35.5 Å². The van der Waals surface area contributed by atoms with E-state index in [1.165, 1.54) is 22.0 Å². The molecule has 0 amide bonds. The molecule has 0 bridgehead atoms. The zero-order valence-electron chi connectivity index (χ0n) is 18.1. The van der Waals surface area contributed by atoms with Crippen molar-refractivity contribution >= 4 is 50.9 Å². The second-order valence-corrected chi connectivity index (χ2v) is 9.78. The number of halogens is 1. The molecule has 1 aliphatic rings. The van der Waals surface area contributed by atoms with Crippen molar-refractivity contribution in [1.29, 1.82) is 0 Å². The van der Waals surface area contributed by atoms with E-state index in [2.05, 4.69) is 51.9 Å². The molecular formula is C21H34IN5O2S. The highest BCUT2D eigenvalue weighted by Gasteiger charge is 2.27. The van der Waals surface area contributed by atoms with Crippen LogP contribution in [0, 0.1) is 6.92 Å². The number of hydrogen-bond acceptors (Lipinski definition) is 3. The van der Waals surface area contributed by atoms with E-state index in [9.17, 15) is 8.42 Å². The van der Waals surface area contributed by atoms with Crippen LogP contribution >= 0.6 is 24.0 Å². The maximum atomic E-state index is 12.2. The van der Waals surface area contributed by atoms with Crippen LogP contribution < -0.4 is 10.6 Å². The van der Waals surface area contributed by atoms with Gasteiger partial charge in [-0.05, 0) is 43.7 Å². The number of aromatic amines is 1.